The summed E-state index contributed by atoms with van der Waals surface area (Å²) in [5.41, 5.74) is 0.716. The molecule has 0 bridgehead atoms. The second-order valence-electron chi connectivity index (χ2n) is 25.8. The van der Waals surface area contributed by atoms with E-state index in [1.807, 2.05) is 69.2 Å². The van der Waals surface area contributed by atoms with Gasteiger partial charge in [0.25, 0.3) is 21.9 Å². The molecule has 5 atom stereocenters. The van der Waals surface area contributed by atoms with Gasteiger partial charge < -0.3 is 48.7 Å². The van der Waals surface area contributed by atoms with E-state index < -0.39 is 111 Å². The molecule has 0 radical (unpaired) electrons. The first-order chi connectivity index (χ1) is 49.5. The smallest absolute Gasteiger partial charge is 0.333 e. The Labute approximate surface area is 730 Å². The molecule has 15 amide bonds. The summed E-state index contributed by atoms with van der Waals surface area (Å²) < 4.78 is 35.7. The van der Waals surface area contributed by atoms with E-state index in [9.17, 15) is 104 Å². The van der Waals surface area contributed by atoms with E-state index in [1.54, 1.807) is 19.1 Å². The summed E-state index contributed by atoms with van der Waals surface area (Å²) in [6.07, 6.45) is 3.21. The number of hydroxylamine groups is 10. The maximum absolute atomic E-state index is 12.2. The van der Waals surface area contributed by atoms with Gasteiger partial charge in [0.2, 0.25) is 53.2 Å². The number of benzene rings is 1. The molecule has 0 aromatic heterocycles. The van der Waals surface area contributed by atoms with Gasteiger partial charge in [0.05, 0.1) is 25.5 Å². The molecule has 7 aliphatic heterocycles. The molecule has 109 heavy (non-hydrogen) atoms. The number of thioether (sulfide) groups is 1. The molecule has 7 fully saturated rings. The summed E-state index contributed by atoms with van der Waals surface area (Å²) >= 11 is 1.49. The zero-order valence-electron chi connectivity index (χ0n) is 62.9. The van der Waals surface area contributed by atoms with Crippen molar-refractivity contribution < 1.29 is 259 Å². The molecule has 594 valence electrons. The van der Waals surface area contributed by atoms with Gasteiger partial charge in [0.15, 0.2) is 5.25 Å². The Balaban J connectivity index is 0.00000135. The fraction of sp³-hybridized carbons (Fsp3) is 0.552. The Hall–Kier alpha value is -6.03. The molecule has 7 heterocycles. The summed E-state index contributed by atoms with van der Waals surface area (Å²) in [5, 5.41) is 3.12. The third-order valence-electron chi connectivity index (χ3n) is 15.3. The predicted molar refractivity (Wildman–Crippen MR) is 358 cm³/mol. The number of imide groups is 7. The standard InChI is InChI=1S/C16H17N2O5.C15H20N2O6.C14H17N2O6.C13H20NO7S2.C9H12NO4.4U/c1-10(2)9-13(19)17-12-5-3-11(4-6-12)16(22)23-18-14(20)7-8-15(18)21;1-9(2)10-8-13(20)16(15(10)22)7-3-4-14(21)23-17-11(18)5-6-12(17)19;1-8(2)9-7-12(19)15(14(9)21)6-5-13(20)22-16-10(17)3-4-11(16)18;1-8(2)22-9(3)7-10(23(18,19)20-4)13(17)21-14-11(15)5-6-12(14)16;1-6(2)5-9(13)14-10-7(11)3-4-8(10)12;;;;/h3-7,10H,8-9H2,1-2H3,(H,17,19);9-10H,3-8H2,1-2H3;3,8-9H,4-7H2,1-2H3;5,8-10H,6-7H2,1-4H3;3,6H,4-5H2,1-2H3;;;;/q-1;;3*-1;;;;/i;5D;;;;;;;. The zero-order chi connectivity index (χ0) is 79.9. The van der Waals surface area contributed by atoms with Crippen molar-refractivity contribution in [2.45, 2.75) is 182 Å². The number of rotatable bonds is 27. The first kappa shape index (κ1) is 101. The predicted octanol–water partition coefficient (Wildman–Crippen LogP) is 3.07. The average Bonchev–Trinajstić information content (AvgIpc) is 1.42. The topological polar surface area (TPSA) is 466 Å². The molecule has 8 rings (SSSR count). The minimum atomic E-state index is -4.21. The van der Waals surface area contributed by atoms with Crippen LogP contribution in [0.5, 0.6) is 0 Å². The number of amides is 15. The van der Waals surface area contributed by atoms with Crippen LogP contribution in [0, 0.1) is 186 Å². The van der Waals surface area contributed by atoms with Crippen LogP contribution in [0.15, 0.2) is 24.3 Å². The van der Waals surface area contributed by atoms with Gasteiger partial charge in [-0.3, -0.25) is 92.4 Å². The molecule has 36 nitrogen and oxygen atoms in total. The van der Waals surface area contributed by atoms with E-state index in [1.165, 1.54) is 30.3 Å². The van der Waals surface area contributed by atoms with Gasteiger partial charge in [0.1, 0.15) is 23.6 Å². The van der Waals surface area contributed by atoms with Crippen LogP contribution in [-0.4, -0.2) is 198 Å². The number of carbonyl (C=O) groups excluding carboxylic acids is 20. The van der Waals surface area contributed by atoms with Crippen LogP contribution < -0.4 is 5.32 Å². The summed E-state index contributed by atoms with van der Waals surface area (Å²) in [6.45, 7) is 20.7. The Bertz CT molecular complexity index is 3650. The van der Waals surface area contributed by atoms with Crippen molar-refractivity contribution in [2.24, 2.45) is 35.5 Å². The Morgan fingerprint density at radius 1 is 0.514 bits per heavy atom. The molecule has 7 aliphatic rings. The van der Waals surface area contributed by atoms with Crippen molar-refractivity contribution in [3.05, 3.63) is 55.5 Å². The van der Waals surface area contributed by atoms with Crippen LogP contribution >= 0.6 is 11.8 Å². The summed E-state index contributed by atoms with van der Waals surface area (Å²) in [7, 11) is -3.27. The van der Waals surface area contributed by atoms with Gasteiger partial charge in [-0.2, -0.15) is 20.2 Å². The van der Waals surface area contributed by atoms with Gasteiger partial charge >= 0.3 is 29.8 Å². The van der Waals surface area contributed by atoms with E-state index in [0.29, 0.717) is 32.4 Å². The molecular formula is C67H86N8O28S2U4-4. The van der Waals surface area contributed by atoms with E-state index in [2.05, 4.69) is 28.9 Å². The van der Waals surface area contributed by atoms with Crippen molar-refractivity contribution in [1.82, 2.24) is 35.1 Å². The third-order valence-corrected chi connectivity index (χ3v) is 18.0. The monoisotopic (exact) mass is 2470 g/mol. The second-order valence-corrected chi connectivity index (χ2v) is 29.7. The Morgan fingerprint density at radius 3 is 1.29 bits per heavy atom. The molecule has 1 N–H and O–H groups in total. The molecule has 0 spiro atoms. The van der Waals surface area contributed by atoms with Crippen molar-refractivity contribution >= 4 is 146 Å². The van der Waals surface area contributed by atoms with Crippen molar-refractivity contribution in [1.29, 1.82) is 0 Å². The summed E-state index contributed by atoms with van der Waals surface area (Å²) in [6, 6.07) is 5.99. The molecule has 1 aromatic carbocycles. The molecule has 0 saturated carbocycles. The molecular weight excluding hydrogens is 2380 g/mol. The van der Waals surface area contributed by atoms with Crippen molar-refractivity contribution in [3.8, 4) is 0 Å². The van der Waals surface area contributed by atoms with Crippen LogP contribution in [0.4, 0.5) is 5.69 Å². The van der Waals surface area contributed by atoms with E-state index in [4.69, 9.17) is 6.21 Å². The van der Waals surface area contributed by atoms with Crippen LogP contribution in [0.3, 0.4) is 0 Å². The first-order valence-electron chi connectivity index (χ1n) is 33.7. The molecule has 42 heteroatoms. The quantitative estimate of drug-likeness (QED) is 0.0751. The van der Waals surface area contributed by atoms with Crippen LogP contribution in [0.25, 0.3) is 0 Å². The molecule has 5 unspecified atom stereocenters. The van der Waals surface area contributed by atoms with Gasteiger partial charge in [-0.1, -0.05) is 102 Å². The van der Waals surface area contributed by atoms with Gasteiger partial charge in [-0.05, 0) is 66.0 Å². The fourth-order valence-corrected chi connectivity index (χ4v) is 12.3. The third kappa shape index (κ3) is 32.5. The number of hydrogen-bond acceptors (Lipinski definition) is 29. The van der Waals surface area contributed by atoms with E-state index >= 15 is 0 Å². The number of hydrogen-bond donors (Lipinski definition) is 1. The minimum absolute atomic E-state index is 0. The average molecular weight is 2470 g/mol. The Morgan fingerprint density at radius 2 is 0.917 bits per heavy atom. The van der Waals surface area contributed by atoms with Crippen molar-refractivity contribution in [2.75, 3.05) is 25.5 Å². The molecule has 7 saturated heterocycles. The number of anilines is 1. The van der Waals surface area contributed by atoms with Crippen LogP contribution in [0.2, 0.25) is 0 Å². The SMILES string of the molecule is CC(C)C1CC(=O)N(CCC(=O)ON2C(=O)[CH-]CC2=O)C1=O.CC(C)CC(=O)Nc1ccc(C(=O)ON2C(=O)[CH-]CC2=O)cc1.CC(C)CC(=O)ON1C(=O)[CH-]CC1=O.COS(=O)(=O)C(CC(C)SC(C)C)C(=O)ON1C(=O)[CH-]CC1=O.[2H]C1CC(=O)N(OC(=O)CCCN2C(=O)CC(C(C)C)C2=O)C1=O.[U].[U].[U].[U]. The first-order valence-corrected chi connectivity index (χ1v) is 35.6. The van der Waals surface area contributed by atoms with Gasteiger partial charge in [0, 0.05) is 200 Å². The maximum Gasteiger partial charge on any atom is 0.363 e. The Kier molecular flexibility index (Phi) is 45.2. The van der Waals surface area contributed by atoms with Crippen LogP contribution in [0.1, 0.15) is 178 Å². The van der Waals surface area contributed by atoms with E-state index in [0.717, 1.165) is 36.2 Å². The van der Waals surface area contributed by atoms with E-state index in [-0.39, 0.29) is 301 Å². The number of nitrogens with one attached hydrogen (secondary N) is 1. The normalized spacial score (nSPS) is 18.6. The number of nitrogens with zero attached hydrogens (tertiary/aromatic N) is 7. The van der Waals surface area contributed by atoms with Gasteiger partial charge in [-0.15, -0.1) is 25.3 Å². The number of carbonyl (C=O) groups is 20. The fourth-order valence-electron chi connectivity index (χ4n) is 9.90. The second kappa shape index (κ2) is 48.8. The molecule has 0 aliphatic carbocycles. The number of likely N-dealkylation sites (tertiary alicyclic amines) is 2. The maximum atomic E-state index is 12.2. The van der Waals surface area contributed by atoms with Gasteiger partial charge in [-0.25, -0.2) is 24.0 Å². The largest absolute Gasteiger partial charge is 0.363 e. The minimum Gasteiger partial charge on any atom is -0.333 e. The summed E-state index contributed by atoms with van der Waals surface area (Å²) in [5.74, 6) is -12.3. The molecule has 1 aromatic rings. The summed E-state index contributed by atoms with van der Waals surface area (Å²) in [4.78, 5) is 256. The van der Waals surface area contributed by atoms with Crippen molar-refractivity contribution in [3.63, 3.8) is 0 Å². The zero-order valence-corrected chi connectivity index (χ0v) is 80.2. The van der Waals surface area contributed by atoms with Crippen LogP contribution in [-0.2, 0) is 130 Å².